The third-order valence-electron chi connectivity index (χ3n) is 6.32. The number of hydrogen-bond acceptors (Lipinski definition) is 4. The van der Waals surface area contributed by atoms with Crippen LogP contribution in [0.15, 0.2) is 103 Å². The average Bonchev–Trinajstić information content (AvgIpc) is 3.49. The van der Waals surface area contributed by atoms with E-state index in [0.717, 1.165) is 27.1 Å². The summed E-state index contributed by atoms with van der Waals surface area (Å²) < 4.78 is 11.5. The number of allylic oxidation sites excluding steroid dienone is 1. The number of fused-ring (bicyclic) bond motifs is 4. The number of thiophene rings is 1. The van der Waals surface area contributed by atoms with Gasteiger partial charge in [-0.25, -0.2) is 0 Å². The number of nitrogens with zero attached hydrogens (tertiary/aromatic N) is 1. The average molecular weight is 536 g/mol. The Morgan fingerprint density at radius 3 is 1.86 bits per heavy atom. The first-order valence-electron chi connectivity index (χ1n) is 11.7. The number of para-hydroxylation sites is 2. The molecule has 166 valence electrons. The fourth-order valence-corrected chi connectivity index (χ4v) is 7.84. The summed E-state index contributed by atoms with van der Waals surface area (Å²) in [7, 11) is 0. The van der Waals surface area contributed by atoms with Crippen LogP contribution in [0.3, 0.4) is 0 Å². The van der Waals surface area contributed by atoms with E-state index in [1.165, 1.54) is 20.3 Å². The zero-order valence-electron chi connectivity index (χ0n) is 19.3. The Balaban J connectivity index is 1.33. The van der Waals surface area contributed by atoms with Gasteiger partial charge in [-0.3, -0.25) is 0 Å². The van der Waals surface area contributed by atoms with Gasteiger partial charge >= 0.3 is 190 Å². The Morgan fingerprint density at radius 1 is 0.714 bits per heavy atom. The quantitative estimate of drug-likeness (QED) is 0.160. The molecule has 0 N–H and O–H groups in total. The van der Waals surface area contributed by atoms with E-state index in [0.29, 0.717) is 16.0 Å². The molecule has 0 saturated heterocycles. The molecule has 0 atom stereocenters. The van der Waals surface area contributed by atoms with Gasteiger partial charge in [0.25, 0.3) is 0 Å². The Kier molecular flexibility index (Phi) is 4.40. The summed E-state index contributed by atoms with van der Waals surface area (Å²) in [5.74, 6) is -0.728. The fraction of sp³-hybridized carbons (Fsp3) is 0. The molecule has 0 amide bonds. The van der Waals surface area contributed by atoms with Crippen LogP contribution in [0.5, 0.6) is 0 Å². The van der Waals surface area contributed by atoms with Crippen LogP contribution >= 0.6 is 11.3 Å². The van der Waals surface area contributed by atoms with E-state index < -0.39 is 0 Å². The first-order chi connectivity index (χ1) is 17.6. The molecule has 2 aliphatic rings. The van der Waals surface area contributed by atoms with Crippen LogP contribution in [0, 0.1) is 0 Å². The summed E-state index contributed by atoms with van der Waals surface area (Å²) in [5.41, 5.74) is 3.00. The van der Waals surface area contributed by atoms with Crippen molar-refractivity contribution in [2.45, 2.75) is 0 Å². The molecule has 7 rings (SSSR count). The van der Waals surface area contributed by atoms with Crippen LogP contribution in [0.25, 0.3) is 16.8 Å². The third kappa shape index (κ3) is 3.24. The van der Waals surface area contributed by atoms with Crippen LogP contribution in [0.4, 0.5) is 16.4 Å². The molecule has 0 radical (unpaired) electrons. The molecule has 35 heavy (non-hydrogen) atoms. The summed E-state index contributed by atoms with van der Waals surface area (Å²) in [4.78, 5) is 29.4. The van der Waals surface area contributed by atoms with Crippen molar-refractivity contribution in [3.63, 3.8) is 0 Å². The third-order valence-corrected chi connectivity index (χ3v) is 9.68. The maximum absolute atomic E-state index is 13.3. The van der Waals surface area contributed by atoms with E-state index in [-0.39, 0.29) is 38.1 Å². The van der Waals surface area contributed by atoms with Crippen molar-refractivity contribution >= 4 is 80.0 Å². The van der Waals surface area contributed by atoms with Crippen molar-refractivity contribution < 1.29 is 11.0 Å². The first kappa shape index (κ1) is 19.5. The number of carbonyl (C=O) groups excluding carboxylic acids is 2. The molecule has 5 heteroatoms. The summed E-state index contributed by atoms with van der Waals surface area (Å²) in [6.07, 6.45) is 0. The standard InChI is InChI=1S/C30H17NO2SSe/c32-29-21-15-18-7-1-2-8-19(18)16-22(21)30(33)23(29)17-20-13-14-28(34-20)31-24-9-3-5-11-26(24)35-27-12-6-4-10-25(27)31/h1-17H/i17D. The fourth-order valence-electron chi connectivity index (χ4n) is 4.68. The van der Waals surface area contributed by atoms with E-state index in [2.05, 4.69) is 41.3 Å². The van der Waals surface area contributed by atoms with Crippen molar-refractivity contribution in [2.24, 2.45) is 0 Å². The van der Waals surface area contributed by atoms with Gasteiger partial charge in [0, 0.05) is 0 Å². The van der Waals surface area contributed by atoms with E-state index in [1.54, 1.807) is 12.1 Å². The zero-order valence-corrected chi connectivity index (χ0v) is 20.8. The summed E-state index contributed by atoms with van der Waals surface area (Å²) in [6.45, 7) is 0. The molecule has 0 bridgehead atoms. The van der Waals surface area contributed by atoms with Gasteiger partial charge < -0.3 is 0 Å². The molecule has 5 aromatic rings. The van der Waals surface area contributed by atoms with Crippen molar-refractivity contribution in [1.29, 1.82) is 0 Å². The van der Waals surface area contributed by atoms with Gasteiger partial charge in [-0.1, -0.05) is 24.3 Å². The number of ketones is 2. The molecule has 0 fully saturated rings. The van der Waals surface area contributed by atoms with E-state index in [1.807, 2.05) is 48.5 Å². The predicted octanol–water partition coefficient (Wildman–Crippen LogP) is 5.80. The number of Topliss-reactive ketones (excluding diaryl/α,β-unsaturated/α-hetero) is 2. The molecule has 4 aromatic carbocycles. The van der Waals surface area contributed by atoms with Crippen LogP contribution in [-0.4, -0.2) is 26.5 Å². The molecule has 1 aliphatic heterocycles. The second kappa shape index (κ2) is 7.89. The minimum atomic E-state index is -0.364. The molecule has 1 aromatic heterocycles. The normalized spacial score (nSPS) is 14.6. The van der Waals surface area contributed by atoms with Gasteiger partial charge in [-0.2, -0.15) is 0 Å². The van der Waals surface area contributed by atoms with Crippen LogP contribution in [0.1, 0.15) is 27.0 Å². The number of anilines is 3. The predicted molar refractivity (Wildman–Crippen MR) is 145 cm³/mol. The zero-order chi connectivity index (χ0) is 24.4. The number of carbonyl (C=O) groups is 2. The molecule has 0 spiro atoms. The Hall–Kier alpha value is -3.76. The van der Waals surface area contributed by atoms with Gasteiger partial charge in [0.2, 0.25) is 0 Å². The number of rotatable bonds is 2. The molecule has 2 heterocycles. The van der Waals surface area contributed by atoms with Crippen molar-refractivity contribution in [3.8, 4) is 0 Å². The summed E-state index contributed by atoms with van der Waals surface area (Å²) >= 11 is 1.64. The molecule has 1 aliphatic carbocycles. The summed E-state index contributed by atoms with van der Waals surface area (Å²) in [6, 6.07) is 31.8. The topological polar surface area (TPSA) is 37.4 Å². The molecular weight excluding hydrogens is 517 g/mol. The van der Waals surface area contributed by atoms with E-state index in [9.17, 15) is 9.59 Å². The molecule has 0 saturated carbocycles. The van der Waals surface area contributed by atoms with E-state index >= 15 is 0 Å². The van der Waals surface area contributed by atoms with Crippen LogP contribution in [-0.2, 0) is 0 Å². The Morgan fingerprint density at radius 2 is 1.26 bits per heavy atom. The van der Waals surface area contributed by atoms with Crippen LogP contribution < -0.4 is 13.8 Å². The number of hydrogen-bond donors (Lipinski definition) is 0. The minimum absolute atomic E-state index is 0.00990. The van der Waals surface area contributed by atoms with Gasteiger partial charge in [0.1, 0.15) is 0 Å². The second-order valence-corrected chi connectivity index (χ2v) is 11.8. The molecule has 0 unspecified atom stereocenters. The first-order valence-corrected chi connectivity index (χ1v) is 13.7. The van der Waals surface area contributed by atoms with Gasteiger partial charge in [0.05, 0.1) is 0 Å². The number of benzene rings is 4. The van der Waals surface area contributed by atoms with Crippen molar-refractivity contribution in [3.05, 3.63) is 119 Å². The van der Waals surface area contributed by atoms with E-state index in [4.69, 9.17) is 1.37 Å². The van der Waals surface area contributed by atoms with Crippen molar-refractivity contribution in [2.75, 3.05) is 4.90 Å². The van der Waals surface area contributed by atoms with Gasteiger partial charge in [0.15, 0.2) is 0 Å². The van der Waals surface area contributed by atoms with Gasteiger partial charge in [-0.15, -0.1) is 0 Å². The Labute approximate surface area is 213 Å². The monoisotopic (exact) mass is 536 g/mol. The molecule has 3 nitrogen and oxygen atoms in total. The van der Waals surface area contributed by atoms with Gasteiger partial charge in [-0.05, 0) is 0 Å². The molecular formula is C30H17NO2SSe. The second-order valence-electron chi connectivity index (χ2n) is 8.41. The van der Waals surface area contributed by atoms with Crippen LogP contribution in [0.2, 0.25) is 0 Å². The Bertz CT molecular complexity index is 1690. The van der Waals surface area contributed by atoms with Crippen molar-refractivity contribution in [1.82, 2.24) is 0 Å². The SMILES string of the molecule is [2H]C(=C1C(=O)c2cc3ccccc3cc2C1=O)c1ccc(N2c3ccccc3[Se]c3ccccc32)s1. The summed E-state index contributed by atoms with van der Waals surface area (Å²) in [5, 5.41) is 2.77. The maximum atomic E-state index is 13.3.